The first-order valence-corrected chi connectivity index (χ1v) is 14.2. The summed E-state index contributed by atoms with van der Waals surface area (Å²) in [5.74, 6) is -0.561. The van der Waals surface area contributed by atoms with E-state index in [9.17, 15) is 21.6 Å². The van der Waals surface area contributed by atoms with E-state index in [0.717, 1.165) is 20.6 Å². The number of hydrogen-bond acceptors (Lipinski definition) is 5. The van der Waals surface area contributed by atoms with Crippen molar-refractivity contribution >= 4 is 58.9 Å². The van der Waals surface area contributed by atoms with Gasteiger partial charge in [-0.05, 0) is 74.5 Å². The molecule has 0 aromatic heterocycles. The fourth-order valence-electron chi connectivity index (χ4n) is 3.20. The van der Waals surface area contributed by atoms with E-state index in [1.54, 1.807) is 48.5 Å². The smallest absolute Gasteiger partial charge is 0.261 e. The van der Waals surface area contributed by atoms with Crippen molar-refractivity contribution in [1.29, 1.82) is 0 Å². The molecule has 0 aliphatic heterocycles. The van der Waals surface area contributed by atoms with Gasteiger partial charge in [-0.25, -0.2) is 16.8 Å². The van der Waals surface area contributed by atoms with Gasteiger partial charge in [0.15, 0.2) is 0 Å². The van der Waals surface area contributed by atoms with Gasteiger partial charge in [0.2, 0.25) is 15.9 Å². The lowest BCUT2D eigenvalue weighted by molar-refractivity contribution is -0.116. The molecule has 1 unspecified atom stereocenters. The second-order valence-electron chi connectivity index (χ2n) is 7.70. The molecular weight excluding hydrogens is 542 g/mol. The number of nitrogens with one attached hydrogen (secondary N) is 2. The van der Waals surface area contributed by atoms with Crippen LogP contribution in [0.3, 0.4) is 0 Å². The predicted molar refractivity (Wildman–Crippen MR) is 138 cm³/mol. The van der Waals surface area contributed by atoms with Crippen LogP contribution in [0.4, 0.5) is 17.1 Å². The van der Waals surface area contributed by atoms with Gasteiger partial charge in [-0.2, -0.15) is 0 Å². The van der Waals surface area contributed by atoms with Crippen LogP contribution in [0.1, 0.15) is 12.5 Å². The summed E-state index contributed by atoms with van der Waals surface area (Å²) in [6.45, 7) is 3.36. The molecule has 0 bridgehead atoms. The number of benzene rings is 3. The normalized spacial score (nSPS) is 12.6. The molecule has 8 nitrogen and oxygen atoms in total. The Bertz CT molecular complexity index is 1370. The molecular formula is C23H24BrN3O5S2. The summed E-state index contributed by atoms with van der Waals surface area (Å²) in [7, 11) is -7.57. The largest absolute Gasteiger partial charge is 0.324 e. The van der Waals surface area contributed by atoms with Gasteiger partial charge in [-0.15, -0.1) is 0 Å². The highest BCUT2D eigenvalue weighted by Crippen LogP contribution is 2.23. The molecule has 0 saturated heterocycles. The molecule has 180 valence electrons. The topological polar surface area (TPSA) is 113 Å². The van der Waals surface area contributed by atoms with Gasteiger partial charge >= 0.3 is 0 Å². The molecule has 2 N–H and O–H groups in total. The maximum Gasteiger partial charge on any atom is 0.261 e. The predicted octanol–water partition coefficient (Wildman–Crippen LogP) is 4.35. The lowest BCUT2D eigenvalue weighted by atomic mass is 10.2. The quantitative estimate of drug-likeness (QED) is 0.421. The van der Waals surface area contributed by atoms with Crippen LogP contribution in [-0.4, -0.2) is 35.0 Å². The molecule has 0 radical (unpaired) electrons. The van der Waals surface area contributed by atoms with Crippen LogP contribution in [0.2, 0.25) is 0 Å². The molecule has 0 heterocycles. The van der Waals surface area contributed by atoms with Gasteiger partial charge in [0, 0.05) is 15.8 Å². The average molecular weight is 566 g/mol. The second-order valence-corrected chi connectivity index (χ2v) is 12.2. The van der Waals surface area contributed by atoms with Crippen molar-refractivity contribution in [2.24, 2.45) is 0 Å². The Labute approximate surface area is 208 Å². The molecule has 0 saturated carbocycles. The van der Waals surface area contributed by atoms with Gasteiger partial charge < -0.3 is 5.32 Å². The molecule has 0 fully saturated rings. The maximum absolute atomic E-state index is 12.8. The number of anilines is 3. The molecule has 11 heteroatoms. The summed E-state index contributed by atoms with van der Waals surface area (Å²) in [5, 5.41) is 2.64. The zero-order valence-corrected chi connectivity index (χ0v) is 21.9. The molecule has 3 rings (SSSR count). The van der Waals surface area contributed by atoms with Crippen LogP contribution in [0.15, 0.2) is 82.2 Å². The molecule has 1 amide bonds. The Hall–Kier alpha value is -2.89. The van der Waals surface area contributed by atoms with Gasteiger partial charge in [-0.1, -0.05) is 33.6 Å². The maximum atomic E-state index is 12.8. The Balaban J connectivity index is 1.75. The zero-order chi connectivity index (χ0) is 25.1. The summed E-state index contributed by atoms with van der Waals surface area (Å²) >= 11 is 3.30. The summed E-state index contributed by atoms with van der Waals surface area (Å²) in [5.41, 5.74) is 2.07. The van der Waals surface area contributed by atoms with Gasteiger partial charge in [0.25, 0.3) is 10.0 Å². The highest BCUT2D eigenvalue weighted by Gasteiger charge is 2.29. The highest BCUT2D eigenvalue weighted by molar-refractivity contribution is 9.10. The Morgan fingerprint density at radius 3 is 1.91 bits per heavy atom. The third-order valence-corrected chi connectivity index (χ3v) is 8.07. The van der Waals surface area contributed by atoms with Crippen LogP contribution >= 0.6 is 15.9 Å². The van der Waals surface area contributed by atoms with E-state index in [0.29, 0.717) is 17.1 Å². The fourth-order valence-corrected chi connectivity index (χ4v) is 5.69. The first-order valence-electron chi connectivity index (χ1n) is 10.1. The lowest BCUT2D eigenvalue weighted by Gasteiger charge is -2.28. The number of sulfonamides is 2. The summed E-state index contributed by atoms with van der Waals surface area (Å²) in [6.07, 6.45) is 1.04. The second kappa shape index (κ2) is 10.2. The Morgan fingerprint density at radius 1 is 0.853 bits per heavy atom. The van der Waals surface area contributed by atoms with Gasteiger partial charge in [0.05, 0.1) is 16.8 Å². The summed E-state index contributed by atoms with van der Waals surface area (Å²) < 4.78 is 54.4. The minimum absolute atomic E-state index is 0.0129. The molecule has 3 aromatic rings. The molecule has 3 aromatic carbocycles. The molecule has 0 aliphatic carbocycles. The Kier molecular flexibility index (Phi) is 7.69. The SMILES string of the molecule is Cc1ccc(N(C(C)C(=O)Nc2ccc(S(=O)(=O)Nc3ccc(Br)cc3)cc2)S(C)(=O)=O)cc1. The summed E-state index contributed by atoms with van der Waals surface area (Å²) in [6, 6.07) is 18.0. The number of halogens is 1. The van der Waals surface area contributed by atoms with E-state index in [-0.39, 0.29) is 4.90 Å². The average Bonchev–Trinajstić information content (AvgIpc) is 2.76. The van der Waals surface area contributed by atoms with Crippen molar-refractivity contribution in [3.63, 3.8) is 0 Å². The van der Waals surface area contributed by atoms with Crippen LogP contribution in [0, 0.1) is 6.92 Å². The number of carbonyl (C=O) groups is 1. The monoisotopic (exact) mass is 565 g/mol. The van der Waals surface area contributed by atoms with Crippen LogP contribution < -0.4 is 14.3 Å². The van der Waals surface area contributed by atoms with E-state index >= 15 is 0 Å². The molecule has 1 atom stereocenters. The van der Waals surface area contributed by atoms with Crippen molar-refractivity contribution in [2.75, 3.05) is 20.6 Å². The number of hydrogen-bond donors (Lipinski definition) is 2. The number of nitrogens with zero attached hydrogens (tertiary/aromatic N) is 1. The van der Waals surface area contributed by atoms with E-state index in [1.165, 1.54) is 31.2 Å². The minimum atomic E-state index is -3.83. The molecule has 0 aliphatic rings. The number of aryl methyl sites for hydroxylation is 1. The van der Waals surface area contributed by atoms with E-state index < -0.39 is 32.0 Å². The number of rotatable bonds is 8. The van der Waals surface area contributed by atoms with Crippen molar-refractivity contribution in [1.82, 2.24) is 0 Å². The van der Waals surface area contributed by atoms with E-state index in [4.69, 9.17) is 0 Å². The van der Waals surface area contributed by atoms with Crippen LogP contribution in [0.5, 0.6) is 0 Å². The third-order valence-electron chi connectivity index (χ3n) is 4.91. The first kappa shape index (κ1) is 25.7. The van der Waals surface area contributed by atoms with Gasteiger partial charge in [0.1, 0.15) is 6.04 Å². The standard InChI is InChI=1S/C23H24BrN3O5S2/c1-16-4-12-21(13-5-16)27(33(3,29)30)17(2)23(28)25-19-10-14-22(15-11-19)34(31,32)26-20-8-6-18(24)7-9-20/h4-15,17,26H,1-3H3,(H,25,28). The van der Waals surface area contributed by atoms with Crippen molar-refractivity contribution in [3.05, 3.63) is 82.8 Å². The van der Waals surface area contributed by atoms with E-state index in [1.807, 2.05) is 6.92 Å². The van der Waals surface area contributed by atoms with Gasteiger partial charge in [-0.3, -0.25) is 13.8 Å². The first-order chi connectivity index (χ1) is 15.9. The lowest BCUT2D eigenvalue weighted by Crippen LogP contribution is -2.45. The Morgan fingerprint density at radius 2 is 1.38 bits per heavy atom. The molecule has 34 heavy (non-hydrogen) atoms. The van der Waals surface area contributed by atoms with Crippen molar-refractivity contribution in [2.45, 2.75) is 24.8 Å². The third kappa shape index (κ3) is 6.37. The van der Waals surface area contributed by atoms with Crippen molar-refractivity contribution in [3.8, 4) is 0 Å². The number of amides is 1. The van der Waals surface area contributed by atoms with Crippen molar-refractivity contribution < 1.29 is 21.6 Å². The number of carbonyl (C=O) groups excluding carboxylic acids is 1. The van der Waals surface area contributed by atoms with Crippen LogP contribution in [0.25, 0.3) is 0 Å². The van der Waals surface area contributed by atoms with E-state index in [2.05, 4.69) is 26.0 Å². The fraction of sp³-hybridized carbons (Fsp3) is 0.174. The van der Waals surface area contributed by atoms with Crippen LogP contribution in [-0.2, 0) is 24.8 Å². The highest BCUT2D eigenvalue weighted by atomic mass is 79.9. The zero-order valence-electron chi connectivity index (χ0n) is 18.7. The minimum Gasteiger partial charge on any atom is -0.324 e. The molecule has 0 spiro atoms. The summed E-state index contributed by atoms with van der Waals surface area (Å²) in [4.78, 5) is 12.9.